The van der Waals surface area contributed by atoms with Gasteiger partial charge >= 0.3 is 0 Å². The average molecular weight is 741 g/mol. The van der Waals surface area contributed by atoms with Crippen LogP contribution in [0.2, 0.25) is 0 Å². The summed E-state index contributed by atoms with van der Waals surface area (Å²) in [5.74, 6) is 19.4. The predicted molar refractivity (Wildman–Crippen MR) is 233 cm³/mol. The van der Waals surface area contributed by atoms with Crippen molar-refractivity contribution in [1.29, 1.82) is 0 Å². The SMILES string of the molecule is CCCCCCCCN1C(=O)c2cccc3c(C#Cc4ccc(C#Cc5cccc(C#Cc6ccc7c(c6)c6ccccc6n7CCC)c5)cc4)ccc(c23)C1=O. The topological polar surface area (TPSA) is 42.3 Å². The van der Waals surface area contributed by atoms with Gasteiger partial charge in [0.1, 0.15) is 0 Å². The number of carbonyl (C=O) groups excluding carboxylic acids is 2. The molecule has 0 aliphatic carbocycles. The largest absolute Gasteiger partial charge is 0.340 e. The number of aryl methyl sites for hydroxylation is 1. The molecular formula is C53H44N2O2. The van der Waals surface area contributed by atoms with Crippen LogP contribution in [0.4, 0.5) is 0 Å². The maximum atomic E-state index is 13.5. The molecule has 2 heterocycles. The van der Waals surface area contributed by atoms with Crippen LogP contribution in [0.25, 0.3) is 32.6 Å². The summed E-state index contributed by atoms with van der Waals surface area (Å²) in [7, 11) is 0. The summed E-state index contributed by atoms with van der Waals surface area (Å²) in [5.41, 5.74) is 8.98. The molecule has 0 bridgehead atoms. The molecule has 2 amide bonds. The number of amides is 2. The molecule has 4 heteroatoms. The van der Waals surface area contributed by atoms with E-state index in [1.54, 1.807) is 0 Å². The van der Waals surface area contributed by atoms with Crippen LogP contribution in [0, 0.1) is 35.5 Å². The monoisotopic (exact) mass is 740 g/mol. The Morgan fingerprint density at radius 3 is 1.75 bits per heavy atom. The number of hydrogen-bond acceptors (Lipinski definition) is 2. The van der Waals surface area contributed by atoms with Crippen molar-refractivity contribution >= 4 is 44.4 Å². The summed E-state index contributed by atoms with van der Waals surface area (Å²) in [6.45, 7) is 5.85. The van der Waals surface area contributed by atoms with Crippen molar-refractivity contribution in [2.45, 2.75) is 65.3 Å². The molecule has 0 unspecified atom stereocenters. The fourth-order valence-electron chi connectivity index (χ4n) is 7.84. The van der Waals surface area contributed by atoms with E-state index in [2.05, 4.69) is 96.4 Å². The molecule has 8 rings (SSSR count). The summed E-state index contributed by atoms with van der Waals surface area (Å²) < 4.78 is 2.40. The number of unbranched alkanes of at least 4 members (excludes halogenated alkanes) is 5. The second-order valence-corrected chi connectivity index (χ2v) is 14.7. The van der Waals surface area contributed by atoms with Gasteiger partial charge in [-0.2, -0.15) is 0 Å². The quantitative estimate of drug-likeness (QED) is 0.0840. The smallest absolute Gasteiger partial charge is 0.261 e. The molecule has 0 N–H and O–H groups in total. The molecule has 4 nitrogen and oxygen atoms in total. The first-order valence-electron chi connectivity index (χ1n) is 20.2. The standard InChI is InChI=1S/C53H44N2O2/c1-3-5-6-7-8-11-35-55-52(56)46-18-13-17-44-43(31-32-47(51(44)46)53(55)57)30-28-39-22-20-38(21-23-39)24-25-40-14-12-15-41(36-40)26-27-42-29-33-50-48(37-42)45-16-9-10-19-49(45)54(50)34-4-2/h9-10,12-23,29,31-33,36-37H,3-8,11,34-35H2,1-2H3. The van der Waals surface area contributed by atoms with Crippen molar-refractivity contribution in [1.82, 2.24) is 9.47 Å². The van der Waals surface area contributed by atoms with Gasteiger partial charge in [0.2, 0.25) is 0 Å². The molecule has 278 valence electrons. The first kappa shape index (κ1) is 37.1. The van der Waals surface area contributed by atoms with E-state index in [0.29, 0.717) is 23.1 Å². The van der Waals surface area contributed by atoms with Crippen LogP contribution in [0.3, 0.4) is 0 Å². The Morgan fingerprint density at radius 1 is 0.439 bits per heavy atom. The van der Waals surface area contributed by atoms with Crippen LogP contribution in [0.1, 0.15) is 113 Å². The molecule has 0 saturated carbocycles. The number of fused-ring (bicyclic) bond motifs is 3. The van der Waals surface area contributed by atoms with E-state index in [4.69, 9.17) is 0 Å². The molecule has 0 spiro atoms. The summed E-state index contributed by atoms with van der Waals surface area (Å²) >= 11 is 0. The second kappa shape index (κ2) is 16.9. The summed E-state index contributed by atoms with van der Waals surface area (Å²) in [5, 5.41) is 4.02. The third-order valence-corrected chi connectivity index (χ3v) is 10.7. The molecule has 1 aliphatic rings. The third kappa shape index (κ3) is 7.85. The Morgan fingerprint density at radius 2 is 1.02 bits per heavy atom. The minimum absolute atomic E-state index is 0.214. The Hall–Kier alpha value is -6.80. The van der Waals surface area contributed by atoms with Gasteiger partial charge in [0.05, 0.1) is 0 Å². The first-order valence-corrected chi connectivity index (χ1v) is 20.2. The lowest BCUT2D eigenvalue weighted by Crippen LogP contribution is -2.40. The van der Waals surface area contributed by atoms with Crippen LogP contribution in [0.15, 0.2) is 121 Å². The zero-order chi connectivity index (χ0) is 39.1. The van der Waals surface area contributed by atoms with Crippen molar-refractivity contribution in [3.05, 3.63) is 166 Å². The highest BCUT2D eigenvalue weighted by Crippen LogP contribution is 2.33. The van der Waals surface area contributed by atoms with Crippen LogP contribution in [-0.4, -0.2) is 27.8 Å². The normalized spacial score (nSPS) is 11.9. The summed E-state index contributed by atoms with van der Waals surface area (Å²) in [6, 6.07) is 40.4. The first-order chi connectivity index (χ1) is 28.0. The number of carbonyl (C=O) groups is 2. The second-order valence-electron chi connectivity index (χ2n) is 14.7. The number of imide groups is 1. The molecule has 1 aliphatic heterocycles. The predicted octanol–water partition coefficient (Wildman–Crippen LogP) is 11.5. The van der Waals surface area contributed by atoms with Gasteiger partial charge in [-0.15, -0.1) is 0 Å². The van der Waals surface area contributed by atoms with Crippen LogP contribution in [0.5, 0.6) is 0 Å². The van der Waals surface area contributed by atoms with Gasteiger partial charge in [-0.3, -0.25) is 14.5 Å². The summed E-state index contributed by atoms with van der Waals surface area (Å²) in [6.07, 6.45) is 7.67. The van der Waals surface area contributed by atoms with Gasteiger partial charge in [-0.25, -0.2) is 0 Å². The Labute approximate surface area is 335 Å². The lowest BCUT2D eigenvalue weighted by atomic mass is 9.91. The minimum Gasteiger partial charge on any atom is -0.340 e. The number of para-hydroxylation sites is 1. The highest BCUT2D eigenvalue weighted by Gasteiger charge is 2.32. The Balaban J connectivity index is 0.953. The van der Waals surface area contributed by atoms with E-state index in [0.717, 1.165) is 71.0 Å². The van der Waals surface area contributed by atoms with E-state index < -0.39 is 0 Å². The van der Waals surface area contributed by atoms with Gasteiger partial charge in [0.15, 0.2) is 0 Å². The molecule has 0 radical (unpaired) electrons. The lowest BCUT2D eigenvalue weighted by molar-refractivity contribution is 0.0607. The van der Waals surface area contributed by atoms with Crippen molar-refractivity contribution < 1.29 is 9.59 Å². The van der Waals surface area contributed by atoms with Gasteiger partial charge in [0.25, 0.3) is 11.8 Å². The minimum atomic E-state index is -0.214. The van der Waals surface area contributed by atoms with E-state index in [1.165, 1.54) is 46.0 Å². The van der Waals surface area contributed by atoms with Gasteiger partial charge < -0.3 is 4.57 Å². The van der Waals surface area contributed by atoms with E-state index in [-0.39, 0.29) is 11.8 Å². The highest BCUT2D eigenvalue weighted by molar-refractivity contribution is 6.26. The van der Waals surface area contributed by atoms with E-state index >= 15 is 0 Å². The fourth-order valence-corrected chi connectivity index (χ4v) is 7.84. The number of aromatic nitrogens is 1. The van der Waals surface area contributed by atoms with Crippen molar-refractivity contribution in [3.8, 4) is 35.5 Å². The molecule has 57 heavy (non-hydrogen) atoms. The van der Waals surface area contributed by atoms with E-state index in [1.807, 2.05) is 78.9 Å². The molecule has 7 aromatic rings. The zero-order valence-corrected chi connectivity index (χ0v) is 32.6. The highest BCUT2D eigenvalue weighted by atomic mass is 16.2. The zero-order valence-electron chi connectivity index (χ0n) is 32.6. The number of nitrogens with zero attached hydrogens (tertiary/aromatic N) is 2. The summed E-state index contributed by atoms with van der Waals surface area (Å²) in [4.78, 5) is 28.4. The molecule has 0 fully saturated rings. The fraction of sp³-hybridized carbons (Fsp3) is 0.208. The lowest BCUT2D eigenvalue weighted by Gasteiger charge is -2.27. The van der Waals surface area contributed by atoms with Gasteiger partial charge in [-0.1, -0.05) is 118 Å². The van der Waals surface area contributed by atoms with E-state index in [9.17, 15) is 9.59 Å². The van der Waals surface area contributed by atoms with Gasteiger partial charge in [0, 0.05) is 84.8 Å². The molecular weight excluding hydrogens is 697 g/mol. The van der Waals surface area contributed by atoms with Gasteiger partial charge in [-0.05, 0) is 103 Å². The molecule has 0 atom stereocenters. The third-order valence-electron chi connectivity index (χ3n) is 10.7. The molecule has 6 aromatic carbocycles. The van der Waals surface area contributed by atoms with Crippen LogP contribution >= 0.6 is 0 Å². The number of hydrogen-bond donors (Lipinski definition) is 0. The van der Waals surface area contributed by atoms with Crippen molar-refractivity contribution in [3.63, 3.8) is 0 Å². The number of benzene rings is 6. The Kier molecular flexibility index (Phi) is 11.0. The Bertz CT molecular complexity index is 2840. The molecule has 1 aromatic heterocycles. The maximum absolute atomic E-state index is 13.5. The maximum Gasteiger partial charge on any atom is 0.261 e. The number of rotatable bonds is 9. The van der Waals surface area contributed by atoms with Crippen molar-refractivity contribution in [2.24, 2.45) is 0 Å². The molecule has 0 saturated heterocycles. The van der Waals surface area contributed by atoms with Crippen LogP contribution in [-0.2, 0) is 6.54 Å². The van der Waals surface area contributed by atoms with Crippen molar-refractivity contribution in [2.75, 3.05) is 6.54 Å². The van der Waals surface area contributed by atoms with Crippen LogP contribution < -0.4 is 0 Å². The average Bonchev–Trinajstić information content (AvgIpc) is 3.56.